The molecule has 4 N–H and O–H groups in total. The first kappa shape index (κ1) is 43.0. The summed E-state index contributed by atoms with van der Waals surface area (Å²) in [6.45, 7) is 19.5. The van der Waals surface area contributed by atoms with E-state index in [2.05, 4.69) is 27.7 Å². The predicted molar refractivity (Wildman–Crippen MR) is 206 cm³/mol. The van der Waals surface area contributed by atoms with E-state index in [9.17, 15) is 36.2 Å². The first-order valence-corrected chi connectivity index (χ1v) is 20.0. The molecule has 278 valence electrons. The van der Waals surface area contributed by atoms with Crippen molar-refractivity contribution in [2.24, 2.45) is 10.8 Å². The van der Waals surface area contributed by atoms with E-state index in [0.29, 0.717) is 35.5 Å². The van der Waals surface area contributed by atoms with E-state index < -0.39 is 30.7 Å². The Morgan fingerprint density at radius 1 is 0.640 bits per heavy atom. The zero-order valence-corrected chi connectivity index (χ0v) is 33.0. The van der Waals surface area contributed by atoms with Gasteiger partial charge in [-0.15, -0.1) is 0 Å². The summed E-state index contributed by atoms with van der Waals surface area (Å²) in [6, 6.07) is 0. The van der Waals surface area contributed by atoms with Gasteiger partial charge in [0.25, 0.3) is 20.2 Å². The number of allylic oxidation sites excluding steroid dienone is 20. The molecule has 2 aliphatic carbocycles. The van der Waals surface area contributed by atoms with Crippen LogP contribution in [0.25, 0.3) is 0 Å². The number of rotatable bonds is 13. The normalized spacial score (nSPS) is 23.1. The fraction of sp³-hybridized carbons (Fsp3) is 0.500. The molecule has 0 saturated heterocycles. The molecular weight excluding hydrogens is 673 g/mol. The second-order valence-corrected chi connectivity index (χ2v) is 18.4. The van der Waals surface area contributed by atoms with Gasteiger partial charge < -0.3 is 10.2 Å². The highest BCUT2D eigenvalue weighted by atomic mass is 32.2. The van der Waals surface area contributed by atoms with Crippen LogP contribution in [0.4, 0.5) is 0 Å². The van der Waals surface area contributed by atoms with Crippen molar-refractivity contribution in [3.05, 3.63) is 117 Å². The summed E-state index contributed by atoms with van der Waals surface area (Å²) in [5.41, 5.74) is 6.53. The Morgan fingerprint density at radius 3 is 1.26 bits per heavy atom. The summed E-state index contributed by atoms with van der Waals surface area (Å²) in [6.07, 6.45) is 20.6. The lowest BCUT2D eigenvalue weighted by Crippen LogP contribution is -2.40. The summed E-state index contributed by atoms with van der Waals surface area (Å²) >= 11 is 0. The van der Waals surface area contributed by atoms with Gasteiger partial charge in [0.2, 0.25) is 0 Å². The predicted octanol–water partition coefficient (Wildman–Crippen LogP) is 10.3. The van der Waals surface area contributed by atoms with E-state index in [0.717, 1.165) is 46.3 Å². The molecule has 0 saturated carbocycles. The van der Waals surface area contributed by atoms with Gasteiger partial charge in [-0.1, -0.05) is 111 Å². The van der Waals surface area contributed by atoms with E-state index in [1.54, 1.807) is 38.2 Å². The molecule has 2 rings (SSSR count). The largest absolute Gasteiger partial charge is 0.512 e. The lowest BCUT2D eigenvalue weighted by atomic mass is 9.72. The van der Waals surface area contributed by atoms with Crippen molar-refractivity contribution in [3.63, 3.8) is 0 Å². The molecule has 10 heteroatoms. The van der Waals surface area contributed by atoms with E-state index in [4.69, 9.17) is 0 Å². The van der Waals surface area contributed by atoms with Crippen molar-refractivity contribution < 1.29 is 36.2 Å². The van der Waals surface area contributed by atoms with Crippen LogP contribution in [-0.4, -0.2) is 46.7 Å². The smallest absolute Gasteiger partial charge is 0.269 e. The molecule has 0 bridgehead atoms. The molecule has 0 aromatic rings. The van der Waals surface area contributed by atoms with Crippen LogP contribution < -0.4 is 0 Å². The maximum atomic E-state index is 12.5. The second kappa shape index (κ2) is 17.4. The van der Waals surface area contributed by atoms with Crippen LogP contribution in [0.2, 0.25) is 0 Å². The SMILES string of the molecule is CC1=C(O)CCC(C)(C)\C1=C/C=C(C)/C=C/C=C(\C)C[C@H]([C@@H](C/C(C)=C/C=C/C(C)=C/C=C1/C(C)=C(O)CCC1(C)C)S(=O)(=O)O)S(=O)(=O)O. The molecule has 8 nitrogen and oxygen atoms in total. The molecule has 0 fully saturated rings. The molecule has 0 aliphatic heterocycles. The topological polar surface area (TPSA) is 149 Å². The molecule has 2 atom stereocenters. The standard InChI is InChI=1S/C40H58O8S2/c1-27(17-19-33-31(5)35(41)21-23-39(33,7)8)13-11-15-29(3)25-37(49(43,44)45)38(50(46,47)48)26-30(4)16-12-14-28(2)18-20-34-32(6)36(42)22-24-40(34,9)10/h11-20,37-38,41-42H,21-26H2,1-10H3,(H,43,44,45)(H,46,47,48)/b13-11+,14-12+,27-17+,28-18+,29-15+,30-16+,33-19-,34-20-/t37-,38-/m1/s1. The Kier molecular flexibility index (Phi) is 14.9. The molecular formula is C40H58O8S2. The molecule has 2 aliphatic rings. The minimum absolute atomic E-state index is 0.0745. The third kappa shape index (κ3) is 12.5. The van der Waals surface area contributed by atoms with Gasteiger partial charge in [-0.25, -0.2) is 0 Å². The van der Waals surface area contributed by atoms with Crippen LogP contribution in [0, 0.1) is 10.8 Å². The van der Waals surface area contributed by atoms with E-state index >= 15 is 0 Å². The number of aliphatic hydroxyl groups is 2. The van der Waals surface area contributed by atoms with Crippen molar-refractivity contribution in [1.82, 2.24) is 0 Å². The van der Waals surface area contributed by atoms with E-state index in [1.165, 1.54) is 0 Å². The van der Waals surface area contributed by atoms with Gasteiger partial charge in [-0.05, 0) is 100 Å². The van der Waals surface area contributed by atoms with Gasteiger partial charge in [0.05, 0.1) is 11.5 Å². The molecule has 50 heavy (non-hydrogen) atoms. The minimum atomic E-state index is -4.87. The lowest BCUT2D eigenvalue weighted by molar-refractivity contribution is 0.309. The van der Waals surface area contributed by atoms with Crippen LogP contribution in [0.5, 0.6) is 0 Å². The minimum Gasteiger partial charge on any atom is -0.512 e. The molecule has 0 unspecified atom stereocenters. The van der Waals surface area contributed by atoms with Gasteiger partial charge in [0.1, 0.15) is 10.5 Å². The third-order valence-electron chi connectivity index (χ3n) is 9.84. The maximum Gasteiger partial charge on any atom is 0.269 e. The number of hydrogen-bond acceptors (Lipinski definition) is 6. The summed E-state index contributed by atoms with van der Waals surface area (Å²) in [5, 5.41) is 16.9. The van der Waals surface area contributed by atoms with Crippen molar-refractivity contribution >= 4 is 20.2 Å². The van der Waals surface area contributed by atoms with Crippen molar-refractivity contribution in [1.29, 1.82) is 0 Å². The van der Waals surface area contributed by atoms with Crippen LogP contribution in [0.1, 0.15) is 108 Å². The van der Waals surface area contributed by atoms with Crippen molar-refractivity contribution in [2.75, 3.05) is 0 Å². The molecule has 0 radical (unpaired) electrons. The van der Waals surface area contributed by atoms with Gasteiger partial charge >= 0.3 is 0 Å². The van der Waals surface area contributed by atoms with Gasteiger partial charge in [0.15, 0.2) is 0 Å². The fourth-order valence-electron chi connectivity index (χ4n) is 6.43. The molecule has 0 amide bonds. The molecule has 0 aromatic heterocycles. The first-order valence-electron chi connectivity index (χ1n) is 17.0. The van der Waals surface area contributed by atoms with Gasteiger partial charge in [-0.3, -0.25) is 9.11 Å². The highest BCUT2D eigenvalue weighted by Gasteiger charge is 2.40. The lowest BCUT2D eigenvalue weighted by Gasteiger charge is -2.33. The molecule has 0 heterocycles. The average Bonchev–Trinajstić information content (AvgIpc) is 2.97. The Bertz CT molecular complexity index is 1680. The van der Waals surface area contributed by atoms with Gasteiger partial charge in [-0.2, -0.15) is 16.8 Å². The van der Waals surface area contributed by atoms with Crippen molar-refractivity contribution in [3.8, 4) is 0 Å². The maximum absolute atomic E-state index is 12.5. The Balaban J connectivity index is 2.25. The summed E-state index contributed by atoms with van der Waals surface area (Å²) in [4.78, 5) is 0. The van der Waals surface area contributed by atoms with E-state index in [1.807, 2.05) is 64.2 Å². The summed E-state index contributed by atoms with van der Waals surface area (Å²) in [5.74, 6) is 0.806. The summed E-state index contributed by atoms with van der Waals surface area (Å²) in [7, 11) is -9.74. The van der Waals surface area contributed by atoms with Gasteiger partial charge in [0, 0.05) is 12.8 Å². The Morgan fingerprint density at radius 2 is 0.960 bits per heavy atom. The zero-order chi connectivity index (χ0) is 38.2. The highest BCUT2D eigenvalue weighted by molar-refractivity contribution is 7.90. The highest BCUT2D eigenvalue weighted by Crippen LogP contribution is 2.43. The number of aliphatic hydroxyl groups excluding tert-OH is 2. The van der Waals surface area contributed by atoms with Crippen LogP contribution >= 0.6 is 0 Å². The second-order valence-electron chi connectivity index (χ2n) is 15.2. The fourth-order valence-corrected chi connectivity index (χ4v) is 9.18. The molecule has 0 spiro atoms. The third-order valence-corrected chi connectivity index (χ3v) is 12.5. The average molecular weight is 731 g/mol. The van der Waals surface area contributed by atoms with Crippen LogP contribution in [0.15, 0.2) is 117 Å². The van der Waals surface area contributed by atoms with Crippen LogP contribution in [-0.2, 0) is 20.2 Å². The number of hydrogen-bond donors (Lipinski definition) is 4. The summed E-state index contributed by atoms with van der Waals surface area (Å²) < 4.78 is 70.1. The van der Waals surface area contributed by atoms with Crippen molar-refractivity contribution in [2.45, 2.75) is 118 Å². The zero-order valence-electron chi connectivity index (χ0n) is 31.4. The molecule has 0 aromatic carbocycles. The quantitative estimate of drug-likeness (QED) is 0.108. The Hall–Kier alpha value is -3.18. The first-order chi connectivity index (χ1) is 22.9. The van der Waals surface area contributed by atoms with Crippen LogP contribution in [0.3, 0.4) is 0 Å². The monoisotopic (exact) mass is 730 g/mol. The Labute approximate surface area is 301 Å². The van der Waals surface area contributed by atoms with E-state index in [-0.39, 0.29) is 23.7 Å².